The van der Waals surface area contributed by atoms with Gasteiger partial charge in [0.15, 0.2) is 5.96 Å². The van der Waals surface area contributed by atoms with E-state index in [0.29, 0.717) is 23.2 Å². The number of amides is 1. The molecule has 1 saturated carbocycles. The summed E-state index contributed by atoms with van der Waals surface area (Å²) >= 11 is 0. The Labute approximate surface area is 178 Å². The second-order valence-electron chi connectivity index (χ2n) is 6.36. The molecule has 160 valence electrons. The van der Waals surface area contributed by atoms with Crippen LogP contribution < -0.4 is 10.6 Å². The van der Waals surface area contributed by atoms with Crippen LogP contribution in [0.2, 0.25) is 0 Å². The lowest BCUT2D eigenvalue weighted by atomic mass is 9.95. The number of hydrogen-bond donors (Lipinski definition) is 2. The fourth-order valence-corrected chi connectivity index (χ4v) is 4.24. The zero-order valence-corrected chi connectivity index (χ0v) is 19.1. The Morgan fingerprint density at radius 1 is 1.30 bits per heavy atom. The highest BCUT2D eigenvalue weighted by atomic mass is 127. The van der Waals surface area contributed by atoms with Crippen LogP contribution in [0, 0.1) is 0 Å². The first-order valence-electron chi connectivity index (χ1n) is 8.89. The van der Waals surface area contributed by atoms with Crippen LogP contribution in [-0.2, 0) is 15.6 Å². The van der Waals surface area contributed by atoms with Gasteiger partial charge in [-0.25, -0.2) is 4.99 Å². The first-order valence-corrected chi connectivity index (χ1v) is 10.3. The molecule has 0 bridgehead atoms. The predicted octanol–water partition coefficient (Wildman–Crippen LogP) is 2.26. The van der Waals surface area contributed by atoms with Crippen LogP contribution in [0.5, 0.6) is 0 Å². The number of alkyl halides is 3. The van der Waals surface area contributed by atoms with Crippen LogP contribution in [0.15, 0.2) is 4.99 Å². The fourth-order valence-electron chi connectivity index (χ4n) is 2.89. The van der Waals surface area contributed by atoms with Crippen LogP contribution in [0.4, 0.5) is 13.2 Å². The van der Waals surface area contributed by atoms with Crippen molar-refractivity contribution in [3.05, 3.63) is 0 Å². The standard InChI is InChI=1S/C16H29F3N4O2S.HI/c1-4-20-15(21-10-14(24)23(3)11-16(17,18)19)22-12-7-6-8-13(9-12)26(25)5-2;/h12-13H,4-11H2,1-3H3,(H2,20,21,22);1H. The third-order valence-corrected chi connectivity index (χ3v) is 5.92. The first-order chi connectivity index (χ1) is 12.2. The van der Waals surface area contributed by atoms with Crippen LogP contribution in [-0.4, -0.2) is 70.9 Å². The Kier molecular flexibility index (Phi) is 12.5. The Morgan fingerprint density at radius 2 is 1.96 bits per heavy atom. The van der Waals surface area contributed by atoms with Gasteiger partial charge in [-0.2, -0.15) is 13.2 Å². The second-order valence-corrected chi connectivity index (χ2v) is 8.36. The number of likely N-dealkylation sites (N-methyl/N-ethyl adjacent to an activating group) is 1. The number of carbonyl (C=O) groups excluding carboxylic acids is 1. The molecule has 1 fully saturated rings. The summed E-state index contributed by atoms with van der Waals surface area (Å²) in [6, 6.07) is 0.0880. The maximum Gasteiger partial charge on any atom is 0.406 e. The third kappa shape index (κ3) is 10.5. The van der Waals surface area contributed by atoms with Crippen molar-refractivity contribution in [3.8, 4) is 0 Å². The quantitative estimate of drug-likeness (QED) is 0.304. The zero-order valence-electron chi connectivity index (χ0n) is 16.0. The minimum Gasteiger partial charge on any atom is -0.357 e. The van der Waals surface area contributed by atoms with Gasteiger partial charge < -0.3 is 15.5 Å². The number of hydrogen-bond acceptors (Lipinski definition) is 3. The van der Waals surface area contributed by atoms with Crippen molar-refractivity contribution in [2.24, 2.45) is 4.99 Å². The number of nitrogens with one attached hydrogen (secondary N) is 2. The summed E-state index contributed by atoms with van der Waals surface area (Å²) in [4.78, 5) is 16.6. The van der Waals surface area contributed by atoms with E-state index < -0.39 is 29.4 Å². The minimum absolute atomic E-state index is 0. The van der Waals surface area contributed by atoms with Gasteiger partial charge in [0.2, 0.25) is 5.91 Å². The van der Waals surface area contributed by atoms with E-state index in [-0.39, 0.29) is 41.8 Å². The van der Waals surface area contributed by atoms with Crippen molar-refractivity contribution in [2.75, 3.05) is 32.4 Å². The van der Waals surface area contributed by atoms with Crippen molar-refractivity contribution in [1.29, 1.82) is 0 Å². The normalized spacial score (nSPS) is 21.8. The SMILES string of the molecule is CCNC(=NCC(=O)N(C)CC(F)(F)F)NC1CCCC(S(=O)CC)C1.I. The molecule has 1 aliphatic rings. The van der Waals surface area contributed by atoms with E-state index in [2.05, 4.69) is 15.6 Å². The van der Waals surface area contributed by atoms with Crippen molar-refractivity contribution >= 4 is 46.6 Å². The molecule has 0 saturated heterocycles. The highest BCUT2D eigenvalue weighted by Gasteiger charge is 2.31. The molecule has 0 aliphatic heterocycles. The van der Waals surface area contributed by atoms with Gasteiger partial charge in [-0.1, -0.05) is 13.3 Å². The maximum atomic E-state index is 12.3. The van der Waals surface area contributed by atoms with E-state index in [4.69, 9.17) is 0 Å². The molecule has 0 radical (unpaired) electrons. The van der Waals surface area contributed by atoms with Gasteiger partial charge in [0.05, 0.1) is 0 Å². The van der Waals surface area contributed by atoms with Crippen LogP contribution in [0.1, 0.15) is 39.5 Å². The number of halogens is 4. The van der Waals surface area contributed by atoms with Gasteiger partial charge >= 0.3 is 6.18 Å². The molecule has 0 aromatic carbocycles. The lowest BCUT2D eigenvalue weighted by Gasteiger charge is -2.30. The number of aliphatic imine (C=N–C) groups is 1. The third-order valence-electron chi connectivity index (χ3n) is 4.18. The van der Waals surface area contributed by atoms with E-state index in [9.17, 15) is 22.2 Å². The fraction of sp³-hybridized carbons (Fsp3) is 0.875. The summed E-state index contributed by atoms with van der Waals surface area (Å²) in [6.07, 6.45) is -0.868. The first kappa shape index (κ1) is 26.4. The molecule has 0 spiro atoms. The molecule has 1 amide bonds. The summed E-state index contributed by atoms with van der Waals surface area (Å²) in [5.74, 6) is 0.327. The summed E-state index contributed by atoms with van der Waals surface area (Å²) in [6.45, 7) is 2.68. The average molecular weight is 526 g/mol. The van der Waals surface area contributed by atoms with Gasteiger partial charge in [-0.05, 0) is 26.2 Å². The molecule has 6 nitrogen and oxygen atoms in total. The Morgan fingerprint density at radius 3 is 2.52 bits per heavy atom. The van der Waals surface area contributed by atoms with Crippen molar-refractivity contribution in [2.45, 2.75) is 57.0 Å². The molecule has 1 rings (SSSR count). The van der Waals surface area contributed by atoms with E-state index >= 15 is 0 Å². The largest absolute Gasteiger partial charge is 0.406 e. The molecule has 1 aliphatic carbocycles. The molecular weight excluding hydrogens is 496 g/mol. The molecule has 3 unspecified atom stereocenters. The van der Waals surface area contributed by atoms with Gasteiger partial charge in [0, 0.05) is 41.4 Å². The van der Waals surface area contributed by atoms with E-state index in [0.717, 1.165) is 32.7 Å². The highest BCUT2D eigenvalue weighted by Crippen LogP contribution is 2.23. The smallest absolute Gasteiger partial charge is 0.357 e. The summed E-state index contributed by atoms with van der Waals surface area (Å²) in [7, 11) is 0.261. The molecule has 2 N–H and O–H groups in total. The number of carbonyl (C=O) groups is 1. The van der Waals surface area contributed by atoms with Crippen LogP contribution in [0.25, 0.3) is 0 Å². The van der Waals surface area contributed by atoms with Crippen LogP contribution in [0.3, 0.4) is 0 Å². The zero-order chi connectivity index (χ0) is 19.7. The Bertz CT molecular complexity index is 520. The van der Waals surface area contributed by atoms with E-state index in [1.807, 2.05) is 13.8 Å². The van der Waals surface area contributed by atoms with Gasteiger partial charge in [0.25, 0.3) is 0 Å². The molecule has 0 aromatic rings. The lowest BCUT2D eigenvalue weighted by molar-refractivity contribution is -0.157. The summed E-state index contributed by atoms with van der Waals surface area (Å²) < 4.78 is 49.1. The highest BCUT2D eigenvalue weighted by molar-refractivity contribution is 14.0. The van der Waals surface area contributed by atoms with Gasteiger partial charge in [-0.3, -0.25) is 9.00 Å². The molecule has 27 heavy (non-hydrogen) atoms. The lowest BCUT2D eigenvalue weighted by Crippen LogP contribution is -2.47. The van der Waals surface area contributed by atoms with Gasteiger partial charge in [-0.15, -0.1) is 24.0 Å². The maximum absolute atomic E-state index is 12.3. The van der Waals surface area contributed by atoms with E-state index in [1.54, 1.807) is 0 Å². The molecule has 0 heterocycles. The molecule has 3 atom stereocenters. The predicted molar refractivity (Wildman–Crippen MR) is 113 cm³/mol. The molecule has 11 heteroatoms. The Hall–Kier alpha value is -0.590. The summed E-state index contributed by atoms with van der Waals surface area (Å²) in [5.41, 5.74) is 0. The monoisotopic (exact) mass is 526 g/mol. The Balaban J connectivity index is 0.00000676. The topological polar surface area (TPSA) is 73.8 Å². The summed E-state index contributed by atoms with van der Waals surface area (Å²) in [5, 5.41) is 6.37. The number of nitrogens with zero attached hydrogens (tertiary/aromatic N) is 2. The molecular formula is C16H30F3IN4O2S. The number of guanidine groups is 1. The van der Waals surface area contributed by atoms with Crippen LogP contribution >= 0.6 is 24.0 Å². The van der Waals surface area contributed by atoms with Gasteiger partial charge in [0.1, 0.15) is 13.1 Å². The second kappa shape index (κ2) is 12.8. The molecule has 0 aromatic heterocycles. The average Bonchev–Trinajstić information content (AvgIpc) is 2.57. The van der Waals surface area contributed by atoms with Crippen molar-refractivity contribution in [3.63, 3.8) is 0 Å². The minimum atomic E-state index is -4.43. The number of rotatable bonds is 7. The van der Waals surface area contributed by atoms with Crippen molar-refractivity contribution in [1.82, 2.24) is 15.5 Å². The van der Waals surface area contributed by atoms with E-state index in [1.165, 1.54) is 0 Å². The van der Waals surface area contributed by atoms with Crippen molar-refractivity contribution < 1.29 is 22.2 Å².